The van der Waals surface area contributed by atoms with Gasteiger partial charge in [0.15, 0.2) is 0 Å². The summed E-state index contributed by atoms with van der Waals surface area (Å²) in [4.78, 5) is 35.5. The van der Waals surface area contributed by atoms with Crippen LogP contribution in [0.3, 0.4) is 0 Å². The molecule has 0 saturated heterocycles. The zero-order chi connectivity index (χ0) is 18.2. The lowest BCUT2D eigenvalue weighted by molar-refractivity contribution is -0.126. The molecule has 0 radical (unpaired) electrons. The van der Waals surface area contributed by atoms with E-state index in [9.17, 15) is 14.4 Å². The van der Waals surface area contributed by atoms with Crippen LogP contribution in [0.4, 0.5) is 0 Å². The van der Waals surface area contributed by atoms with Crippen molar-refractivity contribution in [2.75, 3.05) is 6.54 Å². The van der Waals surface area contributed by atoms with Crippen molar-refractivity contribution in [2.24, 2.45) is 5.73 Å². The minimum atomic E-state index is -0.834. The molecule has 0 aliphatic heterocycles. The number of carbonyl (C=O) groups is 3. The Morgan fingerprint density at radius 3 is 2.24 bits per heavy atom. The van der Waals surface area contributed by atoms with E-state index in [1.54, 1.807) is 24.3 Å². The zero-order valence-electron chi connectivity index (χ0n) is 13.4. The van der Waals surface area contributed by atoms with Crippen LogP contribution in [0, 0.1) is 0 Å². The molecule has 0 aliphatic carbocycles. The summed E-state index contributed by atoms with van der Waals surface area (Å²) >= 11 is 3.28. The first-order chi connectivity index (χ1) is 12.0. The Bertz CT molecular complexity index is 748. The van der Waals surface area contributed by atoms with E-state index in [4.69, 9.17) is 5.73 Å². The van der Waals surface area contributed by atoms with Crippen molar-refractivity contribution >= 4 is 33.7 Å². The standard InChI is InChI=1S/C18H18BrN3O3/c19-14-8-6-13(7-9-14)18(25)21-11-16(23)22-15(17(20)24)10-12-4-2-1-3-5-12/h1-9,15H,10-11H2,(H2,20,24)(H,21,25)(H,22,23)/t15-/m0/s1. The Morgan fingerprint density at radius 1 is 1.00 bits per heavy atom. The maximum atomic E-state index is 12.0. The maximum Gasteiger partial charge on any atom is 0.251 e. The molecule has 2 aromatic rings. The maximum absolute atomic E-state index is 12.0. The quantitative estimate of drug-likeness (QED) is 0.650. The Labute approximate surface area is 153 Å². The van der Waals surface area contributed by atoms with E-state index in [0.717, 1.165) is 10.0 Å². The van der Waals surface area contributed by atoms with Gasteiger partial charge in [-0.3, -0.25) is 14.4 Å². The highest BCUT2D eigenvalue weighted by Gasteiger charge is 2.19. The second kappa shape index (κ2) is 8.98. The highest BCUT2D eigenvalue weighted by molar-refractivity contribution is 9.10. The number of amides is 3. The van der Waals surface area contributed by atoms with Gasteiger partial charge in [0.05, 0.1) is 6.54 Å². The molecule has 2 rings (SSSR count). The lowest BCUT2D eigenvalue weighted by atomic mass is 10.1. The van der Waals surface area contributed by atoms with Crippen molar-refractivity contribution in [1.29, 1.82) is 0 Å². The van der Waals surface area contributed by atoms with Gasteiger partial charge >= 0.3 is 0 Å². The van der Waals surface area contributed by atoms with E-state index in [2.05, 4.69) is 26.6 Å². The molecule has 25 heavy (non-hydrogen) atoms. The topological polar surface area (TPSA) is 101 Å². The number of hydrogen-bond acceptors (Lipinski definition) is 3. The van der Waals surface area contributed by atoms with Crippen LogP contribution < -0.4 is 16.4 Å². The summed E-state index contributed by atoms with van der Waals surface area (Å²) < 4.78 is 0.854. The van der Waals surface area contributed by atoms with E-state index in [1.165, 1.54) is 0 Å². The SMILES string of the molecule is NC(=O)[C@H](Cc1ccccc1)NC(=O)CNC(=O)c1ccc(Br)cc1. The number of carbonyl (C=O) groups excluding carboxylic acids is 3. The molecule has 130 valence electrons. The highest BCUT2D eigenvalue weighted by Crippen LogP contribution is 2.10. The molecular weight excluding hydrogens is 386 g/mol. The Morgan fingerprint density at radius 2 is 1.64 bits per heavy atom. The third-order valence-electron chi connectivity index (χ3n) is 3.48. The molecule has 0 aliphatic rings. The Balaban J connectivity index is 1.87. The Kier molecular flexibility index (Phi) is 6.71. The molecule has 1 atom stereocenters. The Hall–Kier alpha value is -2.67. The number of nitrogens with one attached hydrogen (secondary N) is 2. The van der Waals surface area contributed by atoms with Crippen LogP contribution in [0.15, 0.2) is 59.1 Å². The summed E-state index contributed by atoms with van der Waals surface area (Å²) in [7, 11) is 0. The third kappa shape index (κ3) is 6.04. The molecule has 7 heteroatoms. The second-order valence-corrected chi connectivity index (χ2v) is 6.32. The van der Waals surface area contributed by atoms with Gasteiger partial charge in [0.1, 0.15) is 6.04 Å². The molecule has 0 saturated carbocycles. The molecule has 0 unspecified atom stereocenters. The number of rotatable bonds is 7. The van der Waals surface area contributed by atoms with E-state index in [0.29, 0.717) is 12.0 Å². The van der Waals surface area contributed by atoms with Crippen molar-refractivity contribution in [1.82, 2.24) is 10.6 Å². The molecule has 3 amide bonds. The van der Waals surface area contributed by atoms with Crippen molar-refractivity contribution in [3.63, 3.8) is 0 Å². The number of nitrogens with two attached hydrogens (primary N) is 1. The van der Waals surface area contributed by atoms with Gasteiger partial charge in [-0.25, -0.2) is 0 Å². The number of halogens is 1. The smallest absolute Gasteiger partial charge is 0.251 e. The van der Waals surface area contributed by atoms with E-state index in [-0.39, 0.29) is 12.5 Å². The van der Waals surface area contributed by atoms with Crippen LogP contribution in [0.1, 0.15) is 15.9 Å². The summed E-state index contributed by atoms with van der Waals surface area (Å²) in [5, 5.41) is 5.05. The molecule has 6 nitrogen and oxygen atoms in total. The van der Waals surface area contributed by atoms with Crippen LogP contribution >= 0.6 is 15.9 Å². The molecule has 0 spiro atoms. The van der Waals surface area contributed by atoms with E-state index < -0.39 is 17.9 Å². The van der Waals surface area contributed by atoms with Crippen molar-refractivity contribution in [3.8, 4) is 0 Å². The van der Waals surface area contributed by atoms with Crippen molar-refractivity contribution < 1.29 is 14.4 Å². The van der Waals surface area contributed by atoms with Crippen molar-refractivity contribution in [2.45, 2.75) is 12.5 Å². The lowest BCUT2D eigenvalue weighted by Gasteiger charge is -2.16. The van der Waals surface area contributed by atoms with Crippen LogP contribution in [0.2, 0.25) is 0 Å². The van der Waals surface area contributed by atoms with Crippen LogP contribution in [0.25, 0.3) is 0 Å². The van der Waals surface area contributed by atoms with Gasteiger partial charge in [-0.05, 0) is 29.8 Å². The molecular formula is C18H18BrN3O3. The number of benzene rings is 2. The van der Waals surface area contributed by atoms with Gasteiger partial charge in [0.25, 0.3) is 5.91 Å². The van der Waals surface area contributed by atoms with Crippen molar-refractivity contribution in [3.05, 3.63) is 70.2 Å². The third-order valence-corrected chi connectivity index (χ3v) is 4.01. The van der Waals surface area contributed by atoms with Gasteiger partial charge in [-0.15, -0.1) is 0 Å². The van der Waals surface area contributed by atoms with Crippen LogP contribution in [-0.4, -0.2) is 30.3 Å². The first kappa shape index (κ1) is 18.7. The van der Waals surface area contributed by atoms with Gasteiger partial charge < -0.3 is 16.4 Å². The minimum absolute atomic E-state index is 0.243. The summed E-state index contributed by atoms with van der Waals surface area (Å²) in [5.41, 5.74) is 6.67. The zero-order valence-corrected chi connectivity index (χ0v) is 15.0. The fourth-order valence-electron chi connectivity index (χ4n) is 2.18. The molecule has 0 aromatic heterocycles. The second-order valence-electron chi connectivity index (χ2n) is 5.40. The monoisotopic (exact) mass is 403 g/mol. The van der Waals surface area contributed by atoms with E-state index >= 15 is 0 Å². The largest absolute Gasteiger partial charge is 0.368 e. The van der Waals surface area contributed by atoms with Crippen LogP contribution in [-0.2, 0) is 16.0 Å². The molecule has 0 fully saturated rings. The van der Waals surface area contributed by atoms with Gasteiger partial charge in [0, 0.05) is 16.5 Å². The average molecular weight is 404 g/mol. The number of hydrogen-bond donors (Lipinski definition) is 3. The molecule has 0 bridgehead atoms. The predicted molar refractivity (Wildman–Crippen MR) is 97.7 cm³/mol. The van der Waals surface area contributed by atoms with Crippen LogP contribution in [0.5, 0.6) is 0 Å². The van der Waals surface area contributed by atoms with E-state index in [1.807, 2.05) is 30.3 Å². The average Bonchev–Trinajstić information content (AvgIpc) is 2.60. The minimum Gasteiger partial charge on any atom is -0.368 e. The lowest BCUT2D eigenvalue weighted by Crippen LogP contribution is -2.49. The van der Waals surface area contributed by atoms with Gasteiger partial charge in [0.2, 0.25) is 11.8 Å². The first-order valence-corrected chi connectivity index (χ1v) is 8.41. The normalized spacial score (nSPS) is 11.4. The highest BCUT2D eigenvalue weighted by atomic mass is 79.9. The summed E-state index contributed by atoms with van der Waals surface area (Å²) in [6.07, 6.45) is 0.294. The predicted octanol–water partition coefficient (Wildman–Crippen LogP) is 1.39. The fourth-order valence-corrected chi connectivity index (χ4v) is 2.45. The fraction of sp³-hybridized carbons (Fsp3) is 0.167. The summed E-state index contributed by atoms with van der Waals surface area (Å²) in [6.45, 7) is -0.243. The molecule has 0 heterocycles. The first-order valence-electron chi connectivity index (χ1n) is 7.62. The number of primary amides is 1. The summed E-state index contributed by atoms with van der Waals surface area (Å²) in [6, 6.07) is 15.1. The summed E-state index contributed by atoms with van der Waals surface area (Å²) in [5.74, 6) is -1.48. The molecule has 4 N–H and O–H groups in total. The van der Waals surface area contributed by atoms with Gasteiger partial charge in [-0.2, -0.15) is 0 Å². The molecule has 2 aromatic carbocycles. The van der Waals surface area contributed by atoms with Gasteiger partial charge in [-0.1, -0.05) is 46.3 Å².